The number of rotatable bonds is 0. The van der Waals surface area contributed by atoms with Crippen LogP contribution in [0, 0.1) is 0 Å². The van der Waals surface area contributed by atoms with Gasteiger partial charge in [-0.1, -0.05) is 11.8 Å². The summed E-state index contributed by atoms with van der Waals surface area (Å²) in [4.78, 5) is 0. The first kappa shape index (κ1) is 27.6. The van der Waals surface area contributed by atoms with Gasteiger partial charge in [-0.05, 0) is 8.02 Å². The van der Waals surface area contributed by atoms with E-state index in [0.717, 1.165) is 0 Å². The van der Waals surface area contributed by atoms with Crippen molar-refractivity contribution in [2.24, 2.45) is 0 Å². The van der Waals surface area contributed by atoms with Crippen LogP contribution in [0.15, 0.2) is 0 Å². The molecule has 0 aliphatic rings. The van der Waals surface area contributed by atoms with Gasteiger partial charge >= 0.3 is 18.9 Å². The summed E-state index contributed by atoms with van der Waals surface area (Å²) >= 11 is 3.89. The Labute approximate surface area is 72.1 Å². The van der Waals surface area contributed by atoms with Crippen LogP contribution in [0.4, 0.5) is 0 Å². The number of halogens is 2. The van der Waals surface area contributed by atoms with E-state index in [1.165, 1.54) is 0 Å². The molecular weight excluding hydrogens is 230 g/mol. The van der Waals surface area contributed by atoms with Crippen LogP contribution in [-0.4, -0.2) is 0 Å². The zero-order valence-electron chi connectivity index (χ0n) is 2.69. The quantitative estimate of drug-likeness (QED) is 0.298. The molecule has 0 rings (SSSR count). The molecule has 0 aromatic rings. The third-order valence-corrected chi connectivity index (χ3v) is 0. The maximum absolute atomic E-state index is 3.89. The average molecular weight is 232 g/mol. The second-order valence-corrected chi connectivity index (χ2v) is 0. The van der Waals surface area contributed by atoms with Crippen molar-refractivity contribution in [2.75, 3.05) is 0 Å². The Bertz CT molecular complexity index is 9.61. The van der Waals surface area contributed by atoms with Crippen LogP contribution >= 0.6 is 25.0 Å². The Balaban J connectivity index is -0.00000000167. The van der Waals surface area contributed by atoms with E-state index in [4.69, 9.17) is 0 Å². The fourth-order valence-electron chi connectivity index (χ4n) is 0. The van der Waals surface area contributed by atoms with Crippen molar-refractivity contribution in [3.63, 3.8) is 0 Å². The topological polar surface area (TPSA) is 0 Å². The predicted molar refractivity (Wildman–Crippen MR) is 26.0 cm³/mol. The van der Waals surface area contributed by atoms with E-state index in [9.17, 15) is 0 Å². The van der Waals surface area contributed by atoms with Gasteiger partial charge in [0.1, 0.15) is 0 Å². The van der Waals surface area contributed by atoms with Gasteiger partial charge in [-0.2, -0.15) is 0 Å². The molecule has 0 fully saturated rings. The van der Waals surface area contributed by atoms with E-state index in [0.29, 0.717) is 0 Å². The minimum Gasteiger partial charge on any atom is -1.00 e. The van der Waals surface area contributed by atoms with Crippen LogP contribution < -0.4 is 35.8 Å². The first-order valence-corrected chi connectivity index (χ1v) is 1.84. The van der Waals surface area contributed by atoms with Gasteiger partial charge in [-0.25, -0.2) is 0 Å². The Morgan fingerprint density at radius 2 is 1.20 bits per heavy atom. The molecule has 0 nitrogen and oxygen atoms in total. The third-order valence-electron chi connectivity index (χ3n) is 0. The van der Waals surface area contributed by atoms with Gasteiger partial charge in [-0.15, -0.1) is 17.0 Å². The van der Waals surface area contributed by atoms with Crippen LogP contribution in [0.5, 0.6) is 0 Å². The number of hydrogen-bond acceptors (Lipinski definition) is 1. The molecule has 0 unspecified atom stereocenters. The molecule has 28 valence electrons. The standard InChI is InChI=1S/2BrH.Li.HPS/c;;;1-2/h2*1H;;1H/q;;+1;/p-1. The zero-order valence-corrected chi connectivity index (χ0v) is 7.81. The van der Waals surface area contributed by atoms with Crippen molar-refractivity contribution >= 4 is 36.8 Å². The molecule has 0 bridgehead atoms. The summed E-state index contributed by atoms with van der Waals surface area (Å²) in [6.45, 7) is 0. The van der Waals surface area contributed by atoms with Gasteiger partial charge in [0.25, 0.3) is 0 Å². The molecule has 0 amide bonds. The smallest absolute Gasteiger partial charge is 1.00 e. The summed E-state index contributed by atoms with van der Waals surface area (Å²) in [5, 5.41) is 0. The summed E-state index contributed by atoms with van der Waals surface area (Å²) in [5.41, 5.74) is 0. The van der Waals surface area contributed by atoms with Crippen LogP contribution in [0.25, 0.3) is 0 Å². The molecule has 0 aliphatic heterocycles. The van der Waals surface area contributed by atoms with E-state index < -0.39 is 0 Å². The van der Waals surface area contributed by atoms with E-state index >= 15 is 0 Å². The van der Waals surface area contributed by atoms with Gasteiger partial charge in [0.05, 0.1) is 0 Å². The summed E-state index contributed by atoms with van der Waals surface area (Å²) in [6, 6.07) is 0. The van der Waals surface area contributed by atoms with Crippen molar-refractivity contribution in [3.8, 4) is 0 Å². The van der Waals surface area contributed by atoms with E-state index in [2.05, 4.69) is 19.8 Å². The van der Waals surface area contributed by atoms with Crippen LogP contribution in [0.2, 0.25) is 0 Å². The molecule has 0 radical (unpaired) electrons. The van der Waals surface area contributed by atoms with Crippen LogP contribution in [-0.2, 0) is 11.8 Å². The SMILES string of the molecule is Br.P=S.[Br-].[Li+]. The molecule has 0 saturated heterocycles. The predicted octanol–water partition coefficient (Wildman–Crippen LogP) is -4.82. The van der Waals surface area contributed by atoms with Gasteiger partial charge in [0.15, 0.2) is 0 Å². The fourth-order valence-corrected chi connectivity index (χ4v) is 0. The molecule has 5 heavy (non-hydrogen) atoms. The first-order valence-electron chi connectivity index (χ1n) is 0.204. The Morgan fingerprint density at radius 3 is 1.20 bits per heavy atom. The molecule has 0 saturated carbocycles. The second-order valence-electron chi connectivity index (χ2n) is 0. The maximum Gasteiger partial charge on any atom is 1.00 e. The summed E-state index contributed by atoms with van der Waals surface area (Å²) in [6.07, 6.45) is 0. The van der Waals surface area contributed by atoms with Gasteiger partial charge < -0.3 is 17.0 Å². The van der Waals surface area contributed by atoms with Crippen LogP contribution in [0.1, 0.15) is 0 Å². The molecule has 0 aromatic heterocycles. The van der Waals surface area contributed by atoms with Gasteiger partial charge in [0, 0.05) is 0 Å². The molecule has 0 N–H and O–H groups in total. The van der Waals surface area contributed by atoms with Crippen molar-refractivity contribution in [2.45, 2.75) is 0 Å². The minimum absolute atomic E-state index is 0. The average Bonchev–Trinajstić information content (AvgIpc) is 1.00. The summed E-state index contributed by atoms with van der Waals surface area (Å²) in [7, 11) is 2.56. The zero-order chi connectivity index (χ0) is 2.00. The molecule has 0 aliphatic carbocycles. The monoisotopic (exact) mass is 230 g/mol. The molecule has 0 aromatic carbocycles. The maximum atomic E-state index is 3.89. The van der Waals surface area contributed by atoms with Crippen molar-refractivity contribution < 1.29 is 35.8 Å². The molecule has 0 atom stereocenters. The summed E-state index contributed by atoms with van der Waals surface area (Å²) in [5.74, 6) is 0. The van der Waals surface area contributed by atoms with E-state index in [-0.39, 0.29) is 52.8 Å². The normalized spacial score (nSPS) is 0.800. The first-order chi connectivity index (χ1) is 1.00. The van der Waals surface area contributed by atoms with Gasteiger partial charge in [0.2, 0.25) is 0 Å². The van der Waals surface area contributed by atoms with Crippen molar-refractivity contribution in [1.29, 1.82) is 0 Å². The summed E-state index contributed by atoms with van der Waals surface area (Å²) < 4.78 is 0. The second kappa shape index (κ2) is 36.3. The van der Waals surface area contributed by atoms with E-state index in [1.807, 2.05) is 0 Å². The third kappa shape index (κ3) is 23.4. The van der Waals surface area contributed by atoms with Crippen LogP contribution in [0.3, 0.4) is 0 Å². The Kier molecular flexibility index (Phi) is 200. The largest absolute Gasteiger partial charge is 1.00 e. The van der Waals surface area contributed by atoms with E-state index in [1.54, 1.807) is 0 Å². The van der Waals surface area contributed by atoms with Crippen molar-refractivity contribution in [3.05, 3.63) is 0 Å². The molecule has 0 heterocycles. The Morgan fingerprint density at radius 1 is 1.20 bits per heavy atom. The Hall–Kier alpha value is 2.08. The molecule has 0 spiro atoms. The molecule has 5 heteroatoms. The number of hydrogen-bond donors (Lipinski definition) is 0. The molecular formula is H2Br2LiPS. The van der Waals surface area contributed by atoms with Gasteiger partial charge in [-0.3, -0.25) is 0 Å². The fraction of sp³-hybridized carbons (Fsp3) is 0. The van der Waals surface area contributed by atoms with Crippen molar-refractivity contribution in [1.82, 2.24) is 0 Å². The minimum atomic E-state index is 0.